The van der Waals surface area contributed by atoms with Crippen LogP contribution in [-0.2, 0) is 0 Å². The van der Waals surface area contributed by atoms with Gasteiger partial charge in [0.05, 0.1) is 7.11 Å². The molecule has 1 fully saturated rings. The number of amides is 1. The molecule has 5 nitrogen and oxygen atoms in total. The van der Waals surface area contributed by atoms with Gasteiger partial charge in [0, 0.05) is 25.1 Å². The lowest BCUT2D eigenvalue weighted by atomic mass is 9.77. The second-order valence-electron chi connectivity index (χ2n) is 6.29. The van der Waals surface area contributed by atoms with Gasteiger partial charge in [0.25, 0.3) is 5.91 Å². The molecule has 1 aromatic carbocycles. The first-order chi connectivity index (χ1) is 11.1. The van der Waals surface area contributed by atoms with Crippen LogP contribution in [0.4, 0.5) is 0 Å². The van der Waals surface area contributed by atoms with E-state index in [0.717, 1.165) is 24.6 Å². The van der Waals surface area contributed by atoms with Gasteiger partial charge in [-0.05, 0) is 36.8 Å². The summed E-state index contributed by atoms with van der Waals surface area (Å²) in [6.07, 6.45) is 2.60. The Labute approximate surface area is 135 Å². The Kier molecular flexibility index (Phi) is 4.31. The van der Waals surface area contributed by atoms with E-state index < -0.39 is 0 Å². The number of aliphatic hydroxyl groups is 1. The van der Waals surface area contributed by atoms with Gasteiger partial charge in [-0.15, -0.1) is 0 Å². The number of fused-ring (bicyclic) bond motifs is 1. The number of carbonyl (C=O) groups excluding carboxylic acids is 1. The molecule has 1 amide bonds. The number of piperidine rings is 1. The second-order valence-corrected chi connectivity index (χ2v) is 6.29. The van der Waals surface area contributed by atoms with Gasteiger partial charge in [-0.2, -0.15) is 0 Å². The summed E-state index contributed by atoms with van der Waals surface area (Å²) in [6.45, 7) is 3.59. The van der Waals surface area contributed by atoms with Gasteiger partial charge in [0.2, 0.25) is 0 Å². The number of furan rings is 1. The lowest BCUT2D eigenvalue weighted by Crippen LogP contribution is -2.44. The van der Waals surface area contributed by atoms with Crippen LogP contribution in [0.5, 0.6) is 5.75 Å². The highest BCUT2D eigenvalue weighted by Gasteiger charge is 2.34. The molecule has 0 radical (unpaired) electrons. The molecule has 0 saturated carbocycles. The number of methoxy groups -OCH3 is 1. The van der Waals surface area contributed by atoms with Crippen LogP contribution in [0.2, 0.25) is 0 Å². The number of nitrogens with zero attached hydrogens (tertiary/aromatic N) is 1. The molecule has 0 spiro atoms. The highest BCUT2D eigenvalue weighted by atomic mass is 16.5. The molecule has 0 aliphatic carbocycles. The zero-order valence-corrected chi connectivity index (χ0v) is 13.7. The van der Waals surface area contributed by atoms with E-state index in [9.17, 15) is 9.90 Å². The Morgan fingerprint density at radius 3 is 2.74 bits per heavy atom. The average Bonchev–Trinajstić information content (AvgIpc) is 3.05. The van der Waals surface area contributed by atoms with E-state index >= 15 is 0 Å². The number of para-hydroxylation sites is 1. The number of aliphatic hydroxyl groups excluding tert-OH is 1. The largest absolute Gasteiger partial charge is 0.493 e. The van der Waals surface area contributed by atoms with Crippen LogP contribution in [0.3, 0.4) is 0 Å². The summed E-state index contributed by atoms with van der Waals surface area (Å²) >= 11 is 0. The standard InChI is InChI=1S/C18H23NO4/c1-3-18(12-20)7-9-19(10-8-18)17(21)15-11-13-5-4-6-14(22-2)16(13)23-15/h4-6,11,20H,3,7-10,12H2,1-2H3. The number of ether oxygens (including phenoxy) is 1. The molecule has 0 bridgehead atoms. The smallest absolute Gasteiger partial charge is 0.289 e. The van der Waals surface area contributed by atoms with E-state index in [-0.39, 0.29) is 17.9 Å². The summed E-state index contributed by atoms with van der Waals surface area (Å²) in [5, 5.41) is 10.5. The zero-order chi connectivity index (χ0) is 16.4. The minimum absolute atomic E-state index is 0.0339. The predicted octanol–water partition coefficient (Wildman–Crippen LogP) is 3.07. The Morgan fingerprint density at radius 1 is 1.39 bits per heavy atom. The van der Waals surface area contributed by atoms with Crippen molar-refractivity contribution in [2.75, 3.05) is 26.8 Å². The highest BCUT2D eigenvalue weighted by Crippen LogP contribution is 2.35. The van der Waals surface area contributed by atoms with Gasteiger partial charge in [-0.25, -0.2) is 0 Å². The van der Waals surface area contributed by atoms with Crippen LogP contribution >= 0.6 is 0 Å². The van der Waals surface area contributed by atoms with Crippen molar-refractivity contribution in [3.05, 3.63) is 30.0 Å². The quantitative estimate of drug-likeness (QED) is 0.941. The molecular formula is C18H23NO4. The van der Waals surface area contributed by atoms with Crippen molar-refractivity contribution >= 4 is 16.9 Å². The van der Waals surface area contributed by atoms with Gasteiger partial charge in [-0.3, -0.25) is 4.79 Å². The van der Waals surface area contributed by atoms with Crippen molar-refractivity contribution in [1.29, 1.82) is 0 Å². The summed E-state index contributed by atoms with van der Waals surface area (Å²) in [6, 6.07) is 7.37. The molecule has 124 valence electrons. The van der Waals surface area contributed by atoms with E-state index in [0.29, 0.717) is 30.2 Å². The van der Waals surface area contributed by atoms with Crippen LogP contribution in [0.15, 0.2) is 28.7 Å². The minimum Gasteiger partial charge on any atom is -0.493 e. The van der Waals surface area contributed by atoms with Gasteiger partial charge < -0.3 is 19.2 Å². The zero-order valence-electron chi connectivity index (χ0n) is 13.7. The van der Waals surface area contributed by atoms with Crippen molar-refractivity contribution < 1.29 is 19.1 Å². The van der Waals surface area contributed by atoms with Crippen molar-refractivity contribution in [2.45, 2.75) is 26.2 Å². The molecule has 23 heavy (non-hydrogen) atoms. The number of hydrogen-bond donors (Lipinski definition) is 1. The molecule has 1 aliphatic heterocycles. The van der Waals surface area contributed by atoms with Gasteiger partial charge in [0.15, 0.2) is 17.1 Å². The molecule has 0 unspecified atom stereocenters. The average molecular weight is 317 g/mol. The van der Waals surface area contributed by atoms with E-state index in [4.69, 9.17) is 9.15 Å². The van der Waals surface area contributed by atoms with E-state index in [2.05, 4.69) is 6.92 Å². The Bertz CT molecular complexity index is 692. The molecule has 1 saturated heterocycles. The topological polar surface area (TPSA) is 62.9 Å². The fraction of sp³-hybridized carbons (Fsp3) is 0.500. The molecule has 1 N–H and O–H groups in total. The number of benzene rings is 1. The second kappa shape index (κ2) is 6.24. The van der Waals surface area contributed by atoms with Crippen LogP contribution in [-0.4, -0.2) is 42.7 Å². The third-order valence-electron chi connectivity index (χ3n) is 5.14. The maximum atomic E-state index is 12.7. The molecule has 0 atom stereocenters. The lowest BCUT2D eigenvalue weighted by molar-refractivity contribution is 0.0321. The fourth-order valence-electron chi connectivity index (χ4n) is 3.27. The maximum Gasteiger partial charge on any atom is 0.289 e. The van der Waals surface area contributed by atoms with Gasteiger partial charge in [-0.1, -0.05) is 19.1 Å². The molecule has 2 heterocycles. The summed E-state index contributed by atoms with van der Waals surface area (Å²) in [5.41, 5.74) is 0.571. The summed E-state index contributed by atoms with van der Waals surface area (Å²) in [4.78, 5) is 14.5. The van der Waals surface area contributed by atoms with Crippen LogP contribution in [0.25, 0.3) is 11.0 Å². The Balaban J connectivity index is 1.79. The molecule has 5 heteroatoms. The lowest BCUT2D eigenvalue weighted by Gasteiger charge is -2.39. The van der Waals surface area contributed by atoms with E-state index in [1.54, 1.807) is 13.2 Å². The number of hydrogen-bond acceptors (Lipinski definition) is 4. The third-order valence-corrected chi connectivity index (χ3v) is 5.14. The van der Waals surface area contributed by atoms with Crippen molar-refractivity contribution in [3.63, 3.8) is 0 Å². The van der Waals surface area contributed by atoms with Crippen LogP contribution < -0.4 is 4.74 Å². The van der Waals surface area contributed by atoms with Gasteiger partial charge >= 0.3 is 0 Å². The SMILES string of the molecule is CCC1(CO)CCN(C(=O)c2cc3cccc(OC)c3o2)CC1. The first kappa shape index (κ1) is 15.9. The Morgan fingerprint density at radius 2 is 2.13 bits per heavy atom. The summed E-state index contributed by atoms with van der Waals surface area (Å²) in [5.74, 6) is 0.883. The van der Waals surface area contributed by atoms with Gasteiger partial charge in [0.1, 0.15) is 0 Å². The van der Waals surface area contributed by atoms with E-state index in [1.807, 2.05) is 23.1 Å². The first-order valence-corrected chi connectivity index (χ1v) is 8.09. The molecule has 1 aliphatic rings. The monoisotopic (exact) mass is 317 g/mol. The Hall–Kier alpha value is -2.01. The summed E-state index contributed by atoms with van der Waals surface area (Å²) < 4.78 is 11.0. The van der Waals surface area contributed by atoms with Crippen LogP contribution in [0, 0.1) is 5.41 Å². The number of carbonyl (C=O) groups is 1. The number of likely N-dealkylation sites (tertiary alicyclic amines) is 1. The number of rotatable bonds is 4. The first-order valence-electron chi connectivity index (χ1n) is 8.09. The maximum absolute atomic E-state index is 12.7. The third kappa shape index (κ3) is 2.81. The van der Waals surface area contributed by atoms with Crippen LogP contribution in [0.1, 0.15) is 36.7 Å². The minimum atomic E-state index is -0.0918. The molecule has 2 aromatic rings. The normalized spacial score (nSPS) is 17.4. The molecule has 3 rings (SSSR count). The van der Waals surface area contributed by atoms with Crippen molar-refractivity contribution in [3.8, 4) is 5.75 Å². The summed E-state index contributed by atoms with van der Waals surface area (Å²) in [7, 11) is 1.59. The predicted molar refractivity (Wildman–Crippen MR) is 87.7 cm³/mol. The van der Waals surface area contributed by atoms with Crippen molar-refractivity contribution in [1.82, 2.24) is 4.90 Å². The van der Waals surface area contributed by atoms with E-state index in [1.165, 1.54) is 0 Å². The molecular weight excluding hydrogens is 294 g/mol. The highest BCUT2D eigenvalue weighted by molar-refractivity contribution is 5.97. The fourth-order valence-corrected chi connectivity index (χ4v) is 3.27. The molecule has 1 aromatic heterocycles. The van der Waals surface area contributed by atoms with Crippen molar-refractivity contribution in [2.24, 2.45) is 5.41 Å².